The second kappa shape index (κ2) is 6.30. The zero-order chi connectivity index (χ0) is 17.5. The van der Waals surface area contributed by atoms with Gasteiger partial charge in [-0.1, -0.05) is 38.4 Å². The van der Waals surface area contributed by atoms with Crippen molar-refractivity contribution in [3.05, 3.63) is 62.0 Å². The number of hydrogen-bond donors (Lipinski definition) is 1. The Morgan fingerprint density at radius 1 is 1.38 bits per heavy atom. The molecule has 128 valence electrons. The highest BCUT2D eigenvalue weighted by Gasteiger charge is 2.25. The summed E-state index contributed by atoms with van der Waals surface area (Å²) in [4.78, 5) is 22.0. The number of aromatic nitrogens is 2. The fraction of sp³-hybridized carbons (Fsp3) is 0.444. The highest BCUT2D eigenvalue weighted by molar-refractivity contribution is 6.31. The second-order valence-corrected chi connectivity index (χ2v) is 7.66. The summed E-state index contributed by atoms with van der Waals surface area (Å²) in [6, 6.07) is 4.68. The van der Waals surface area contributed by atoms with Crippen LogP contribution >= 0.6 is 11.6 Å². The minimum atomic E-state index is -0.316. The van der Waals surface area contributed by atoms with Crippen molar-refractivity contribution in [3.8, 4) is 0 Å². The highest BCUT2D eigenvalue weighted by atomic mass is 35.5. The lowest BCUT2D eigenvalue weighted by Gasteiger charge is -2.29. The molecule has 2 aromatic rings. The summed E-state index contributed by atoms with van der Waals surface area (Å²) in [6.45, 7) is 7.61. The second-order valence-electron chi connectivity index (χ2n) is 7.25. The van der Waals surface area contributed by atoms with Crippen LogP contribution in [0.1, 0.15) is 43.4 Å². The predicted octanol–water partition coefficient (Wildman–Crippen LogP) is 3.42. The first-order chi connectivity index (χ1) is 11.3. The summed E-state index contributed by atoms with van der Waals surface area (Å²) in [5, 5.41) is 0.413. The van der Waals surface area contributed by atoms with E-state index in [2.05, 4.69) is 9.97 Å². The van der Waals surface area contributed by atoms with Gasteiger partial charge in [0.2, 0.25) is 0 Å². The lowest BCUT2D eigenvalue weighted by molar-refractivity contribution is 0.238. The van der Waals surface area contributed by atoms with Gasteiger partial charge in [0.05, 0.1) is 11.3 Å². The van der Waals surface area contributed by atoms with Crippen LogP contribution in [-0.2, 0) is 24.9 Å². The molecule has 0 atom stereocenters. The average Bonchev–Trinajstić information content (AvgIpc) is 2.50. The fourth-order valence-electron chi connectivity index (χ4n) is 2.88. The number of fused-ring (bicyclic) bond motifs is 1. The van der Waals surface area contributed by atoms with Crippen LogP contribution in [0.2, 0.25) is 5.02 Å². The minimum absolute atomic E-state index is 0.103. The summed E-state index contributed by atoms with van der Waals surface area (Å²) >= 11 is 6.10. The van der Waals surface area contributed by atoms with E-state index in [9.17, 15) is 9.18 Å². The van der Waals surface area contributed by atoms with Gasteiger partial charge in [-0.25, -0.2) is 9.37 Å². The number of aromatic amines is 1. The lowest BCUT2D eigenvalue weighted by Crippen LogP contribution is -2.37. The van der Waals surface area contributed by atoms with Gasteiger partial charge >= 0.3 is 0 Å². The molecule has 0 spiro atoms. The van der Waals surface area contributed by atoms with Gasteiger partial charge in [0.15, 0.2) is 0 Å². The van der Waals surface area contributed by atoms with Gasteiger partial charge in [-0.2, -0.15) is 0 Å². The average molecular weight is 350 g/mol. The van der Waals surface area contributed by atoms with Crippen molar-refractivity contribution in [1.29, 1.82) is 0 Å². The van der Waals surface area contributed by atoms with Crippen LogP contribution in [0.15, 0.2) is 23.0 Å². The molecule has 1 aliphatic heterocycles. The Balaban J connectivity index is 1.86. The molecule has 0 amide bonds. The molecule has 24 heavy (non-hydrogen) atoms. The SMILES string of the molecule is CC(C)(C)c1nc2c(c(=O)[nH]1)CN(Cc1c(F)cccc1Cl)CC2. The van der Waals surface area contributed by atoms with Gasteiger partial charge in [0, 0.05) is 42.1 Å². The number of halogens is 2. The molecule has 0 saturated carbocycles. The van der Waals surface area contributed by atoms with Crippen LogP contribution in [0, 0.1) is 5.82 Å². The molecule has 1 N–H and O–H groups in total. The molecule has 1 aliphatic rings. The Morgan fingerprint density at radius 3 is 2.79 bits per heavy atom. The summed E-state index contributed by atoms with van der Waals surface area (Å²) in [5.74, 6) is 0.389. The summed E-state index contributed by atoms with van der Waals surface area (Å²) in [6.07, 6.45) is 0.675. The number of benzene rings is 1. The van der Waals surface area contributed by atoms with Crippen LogP contribution in [0.4, 0.5) is 4.39 Å². The van der Waals surface area contributed by atoms with Crippen LogP contribution in [0.3, 0.4) is 0 Å². The van der Waals surface area contributed by atoms with Crippen molar-refractivity contribution >= 4 is 11.6 Å². The van der Waals surface area contributed by atoms with Gasteiger partial charge in [0.25, 0.3) is 5.56 Å². The van der Waals surface area contributed by atoms with Crippen LogP contribution < -0.4 is 5.56 Å². The van der Waals surface area contributed by atoms with Crippen molar-refractivity contribution in [2.24, 2.45) is 0 Å². The largest absolute Gasteiger partial charge is 0.310 e. The molecular formula is C18H21ClFN3O. The third-order valence-electron chi connectivity index (χ3n) is 4.30. The Labute approximate surface area is 145 Å². The number of hydrogen-bond acceptors (Lipinski definition) is 3. The van der Waals surface area contributed by atoms with E-state index in [1.54, 1.807) is 12.1 Å². The maximum Gasteiger partial charge on any atom is 0.255 e. The number of nitrogens with zero attached hydrogens (tertiary/aromatic N) is 2. The van der Waals surface area contributed by atoms with Gasteiger partial charge < -0.3 is 4.98 Å². The van der Waals surface area contributed by atoms with Crippen molar-refractivity contribution in [2.75, 3.05) is 6.54 Å². The Hall–Kier alpha value is -1.72. The third kappa shape index (κ3) is 3.37. The number of rotatable bonds is 2. The van der Waals surface area contributed by atoms with E-state index >= 15 is 0 Å². The molecule has 0 saturated heterocycles. The van der Waals surface area contributed by atoms with Gasteiger partial charge in [0.1, 0.15) is 11.6 Å². The minimum Gasteiger partial charge on any atom is -0.310 e. The lowest BCUT2D eigenvalue weighted by atomic mass is 9.95. The molecule has 1 aromatic heterocycles. The first-order valence-corrected chi connectivity index (χ1v) is 8.41. The topological polar surface area (TPSA) is 49.0 Å². The molecule has 4 nitrogen and oxygen atoms in total. The standard InChI is InChI=1S/C18H21ClFN3O/c1-18(2,3)17-21-15-7-8-23(10-12(15)16(24)22-17)9-11-13(19)5-4-6-14(11)20/h4-6H,7-10H2,1-3H3,(H,21,22,24). The van der Waals surface area contributed by atoms with E-state index < -0.39 is 0 Å². The third-order valence-corrected chi connectivity index (χ3v) is 4.66. The molecular weight excluding hydrogens is 329 g/mol. The van der Waals surface area contributed by atoms with E-state index in [-0.39, 0.29) is 16.8 Å². The van der Waals surface area contributed by atoms with E-state index in [4.69, 9.17) is 11.6 Å². The molecule has 0 radical (unpaired) electrons. The monoisotopic (exact) mass is 349 g/mol. The first kappa shape index (κ1) is 17.1. The van der Waals surface area contributed by atoms with Gasteiger partial charge in [-0.05, 0) is 12.1 Å². The maximum absolute atomic E-state index is 14.0. The Bertz CT molecular complexity index is 806. The van der Waals surface area contributed by atoms with Crippen molar-refractivity contribution in [2.45, 2.75) is 45.7 Å². The summed E-state index contributed by atoms with van der Waals surface area (Å²) in [7, 11) is 0. The van der Waals surface area contributed by atoms with E-state index in [1.807, 2.05) is 25.7 Å². The Morgan fingerprint density at radius 2 is 2.12 bits per heavy atom. The van der Waals surface area contributed by atoms with Crippen molar-refractivity contribution in [3.63, 3.8) is 0 Å². The summed E-state index contributed by atoms with van der Waals surface area (Å²) < 4.78 is 14.0. The van der Waals surface area contributed by atoms with Gasteiger partial charge in [-0.15, -0.1) is 0 Å². The van der Waals surface area contributed by atoms with Crippen molar-refractivity contribution < 1.29 is 4.39 Å². The van der Waals surface area contributed by atoms with E-state index in [0.717, 1.165) is 12.2 Å². The predicted molar refractivity (Wildman–Crippen MR) is 92.8 cm³/mol. The smallest absolute Gasteiger partial charge is 0.255 e. The van der Waals surface area contributed by atoms with Crippen LogP contribution in [-0.4, -0.2) is 21.4 Å². The normalized spacial score (nSPS) is 15.4. The molecule has 0 bridgehead atoms. The van der Waals surface area contributed by atoms with Gasteiger partial charge in [-0.3, -0.25) is 9.69 Å². The summed E-state index contributed by atoms with van der Waals surface area (Å²) in [5.41, 5.74) is 1.68. The maximum atomic E-state index is 14.0. The number of nitrogens with one attached hydrogen (secondary N) is 1. The Kier molecular flexibility index (Phi) is 4.49. The first-order valence-electron chi connectivity index (χ1n) is 8.03. The molecule has 6 heteroatoms. The zero-order valence-electron chi connectivity index (χ0n) is 14.1. The van der Waals surface area contributed by atoms with Crippen LogP contribution in [0.25, 0.3) is 0 Å². The molecule has 3 rings (SSSR count). The molecule has 0 fully saturated rings. The number of H-pyrrole nitrogens is 1. The molecule has 0 unspecified atom stereocenters. The zero-order valence-corrected chi connectivity index (χ0v) is 14.9. The van der Waals surface area contributed by atoms with Crippen molar-refractivity contribution in [1.82, 2.24) is 14.9 Å². The quantitative estimate of drug-likeness (QED) is 0.903. The fourth-order valence-corrected chi connectivity index (χ4v) is 3.10. The molecule has 1 aromatic carbocycles. The molecule has 2 heterocycles. The highest BCUT2D eigenvalue weighted by Crippen LogP contribution is 2.24. The van der Waals surface area contributed by atoms with E-state index in [0.29, 0.717) is 41.5 Å². The van der Waals surface area contributed by atoms with E-state index in [1.165, 1.54) is 6.07 Å². The van der Waals surface area contributed by atoms with Crippen LogP contribution in [0.5, 0.6) is 0 Å². The molecule has 0 aliphatic carbocycles.